The Morgan fingerprint density at radius 2 is 0.930 bits per heavy atom. The fourth-order valence-corrected chi connectivity index (χ4v) is 5.59. The Hall–Kier alpha value is -6.10. The van der Waals surface area contributed by atoms with E-state index in [2.05, 4.69) is 82.5 Å². The molecule has 6 aromatic carbocycles. The van der Waals surface area contributed by atoms with Gasteiger partial charge in [-0.2, -0.15) is 0 Å². The Morgan fingerprint density at radius 3 is 1.35 bits per heavy atom. The number of nitrogens with zero attached hydrogens (tertiary/aromatic N) is 2. The molecule has 0 atom stereocenters. The molecule has 43 heavy (non-hydrogen) atoms. The molecule has 1 aliphatic heterocycles. The van der Waals surface area contributed by atoms with Crippen LogP contribution in [0.3, 0.4) is 0 Å². The zero-order valence-electron chi connectivity index (χ0n) is 23.1. The molecule has 0 fully saturated rings. The van der Waals surface area contributed by atoms with Gasteiger partial charge in [0.15, 0.2) is 11.4 Å². The van der Waals surface area contributed by atoms with Crippen molar-refractivity contribution < 1.29 is 9.47 Å². The number of benzene rings is 6. The van der Waals surface area contributed by atoms with E-state index in [4.69, 9.17) is 22.6 Å². The highest BCUT2D eigenvalue weighted by Gasteiger charge is 2.25. The maximum absolute atomic E-state index is 7.23. The summed E-state index contributed by atoms with van der Waals surface area (Å²) in [6.07, 6.45) is 8.24. The van der Waals surface area contributed by atoms with E-state index in [1.165, 1.54) is 0 Å². The molecule has 4 heteroatoms. The Morgan fingerprint density at radius 1 is 0.512 bits per heavy atom. The maximum Gasteiger partial charge on any atom is 0.231 e. The first-order valence-electron chi connectivity index (χ1n) is 13.9. The Balaban J connectivity index is 1.45. The van der Waals surface area contributed by atoms with Crippen LogP contribution >= 0.6 is 0 Å². The number of hydrogen-bond donors (Lipinski definition) is 0. The highest BCUT2D eigenvalue weighted by Crippen LogP contribution is 2.50. The fraction of sp³-hybridized carbons (Fsp3) is 0.0256. The lowest BCUT2D eigenvalue weighted by Crippen LogP contribution is -2.05. The summed E-state index contributed by atoms with van der Waals surface area (Å²) in [5.74, 6) is 1.54. The summed E-state index contributed by atoms with van der Waals surface area (Å²) in [5.41, 5.74) is 7.14. The van der Waals surface area contributed by atoms with E-state index in [1.807, 2.05) is 60.7 Å². The van der Waals surface area contributed by atoms with Crippen LogP contribution in [0.4, 0.5) is 11.4 Å². The van der Waals surface area contributed by atoms with Crippen LogP contribution in [0.25, 0.3) is 66.7 Å². The lowest BCUT2D eigenvalue weighted by Gasteiger charge is -2.17. The average molecular weight is 553 g/mol. The summed E-state index contributed by atoms with van der Waals surface area (Å²) >= 11 is 0. The molecule has 0 N–H and O–H groups in total. The average Bonchev–Trinajstić information content (AvgIpc) is 3.28. The molecule has 0 unspecified atom stereocenters. The molecule has 4 nitrogen and oxygen atoms in total. The summed E-state index contributed by atoms with van der Waals surface area (Å²) in [6.45, 7) is 14.5. The van der Waals surface area contributed by atoms with Gasteiger partial charge in [0.1, 0.15) is 11.5 Å². The monoisotopic (exact) mass is 552 g/mol. The van der Waals surface area contributed by atoms with Gasteiger partial charge in [-0.3, -0.25) is 0 Å². The van der Waals surface area contributed by atoms with Gasteiger partial charge in [0.25, 0.3) is 0 Å². The van der Waals surface area contributed by atoms with Crippen molar-refractivity contribution in [3.63, 3.8) is 0 Å². The van der Waals surface area contributed by atoms with Crippen molar-refractivity contribution in [3.05, 3.63) is 154 Å². The highest BCUT2D eigenvalue weighted by molar-refractivity contribution is 6.12. The van der Waals surface area contributed by atoms with Crippen LogP contribution in [0.2, 0.25) is 0 Å². The standard InChI is InChI=1S/C39H24N2O2/c1-40-32-19-13-26(14-20-32)11-17-30-23-28-7-3-5-9-34(28)36-37-35-10-6-4-8-29(35)24-31(39(37)43-25-42-38(30)36)18-12-27-15-21-33(41-2)22-16-27/h3-24H,25H2/b17-11-,18-12-. The van der Waals surface area contributed by atoms with Crippen LogP contribution in [0.15, 0.2) is 109 Å². The summed E-state index contributed by atoms with van der Waals surface area (Å²) in [6, 6.07) is 36.2. The van der Waals surface area contributed by atoms with Crippen molar-refractivity contribution in [3.8, 4) is 22.6 Å². The molecular formula is C39H24N2O2. The van der Waals surface area contributed by atoms with Crippen LogP contribution in [-0.2, 0) is 0 Å². The third-order valence-electron chi connectivity index (χ3n) is 7.67. The second kappa shape index (κ2) is 11.1. The van der Waals surface area contributed by atoms with E-state index in [0.29, 0.717) is 11.4 Å². The molecule has 0 amide bonds. The van der Waals surface area contributed by atoms with E-state index in [1.54, 1.807) is 0 Å². The first-order chi connectivity index (χ1) is 21.2. The van der Waals surface area contributed by atoms with Crippen molar-refractivity contribution in [2.75, 3.05) is 6.79 Å². The van der Waals surface area contributed by atoms with Crippen molar-refractivity contribution in [2.45, 2.75) is 0 Å². The van der Waals surface area contributed by atoms with Crippen LogP contribution in [-0.4, -0.2) is 6.79 Å². The fourth-order valence-electron chi connectivity index (χ4n) is 5.59. The number of rotatable bonds is 4. The normalized spacial score (nSPS) is 12.2. The molecule has 0 aliphatic carbocycles. The molecule has 202 valence electrons. The van der Waals surface area contributed by atoms with Gasteiger partial charge in [-0.1, -0.05) is 121 Å². The second-order valence-electron chi connectivity index (χ2n) is 10.3. The van der Waals surface area contributed by atoms with Gasteiger partial charge in [-0.15, -0.1) is 0 Å². The van der Waals surface area contributed by atoms with E-state index in [0.717, 1.165) is 66.4 Å². The third kappa shape index (κ3) is 4.88. The largest absolute Gasteiger partial charge is 0.456 e. The SMILES string of the molecule is [C-]#[N+]c1ccc(/C=C\c2cc3ccccc3c3c2OCOc2c(/C=C\c4ccc([N+]#[C-])cc4)cc4ccccc4c2-3)cc1. The number of ether oxygens (including phenoxy) is 2. The van der Waals surface area contributed by atoms with Gasteiger partial charge in [-0.25, -0.2) is 9.69 Å². The molecule has 0 bridgehead atoms. The minimum atomic E-state index is 0.0672. The lowest BCUT2D eigenvalue weighted by atomic mass is 9.88. The molecular weight excluding hydrogens is 528 g/mol. The van der Waals surface area contributed by atoms with Gasteiger partial charge in [0, 0.05) is 22.3 Å². The van der Waals surface area contributed by atoms with Crippen LogP contribution in [0.1, 0.15) is 22.3 Å². The van der Waals surface area contributed by atoms with E-state index >= 15 is 0 Å². The molecule has 0 aromatic heterocycles. The van der Waals surface area contributed by atoms with Crippen molar-refractivity contribution in [2.24, 2.45) is 0 Å². The zero-order chi connectivity index (χ0) is 29.2. The summed E-state index contributed by atoms with van der Waals surface area (Å²) in [5, 5.41) is 4.38. The van der Waals surface area contributed by atoms with E-state index in [9.17, 15) is 0 Å². The summed E-state index contributed by atoms with van der Waals surface area (Å²) < 4.78 is 12.8. The predicted octanol–water partition coefficient (Wildman–Crippen LogP) is 10.8. The highest BCUT2D eigenvalue weighted by atomic mass is 16.7. The minimum Gasteiger partial charge on any atom is -0.456 e. The number of fused-ring (bicyclic) bond motifs is 7. The molecule has 0 saturated carbocycles. The van der Waals surface area contributed by atoms with Crippen molar-refractivity contribution >= 4 is 57.2 Å². The lowest BCUT2D eigenvalue weighted by molar-refractivity contribution is 0.124. The minimum absolute atomic E-state index is 0.0672. The molecule has 0 spiro atoms. The maximum atomic E-state index is 7.23. The molecule has 7 rings (SSSR count). The second-order valence-corrected chi connectivity index (χ2v) is 10.3. The topological polar surface area (TPSA) is 27.2 Å². The molecule has 6 aromatic rings. The molecule has 1 heterocycles. The van der Waals surface area contributed by atoms with E-state index < -0.39 is 0 Å². The molecule has 0 radical (unpaired) electrons. The van der Waals surface area contributed by atoms with Crippen LogP contribution in [0.5, 0.6) is 11.5 Å². The Kier molecular flexibility index (Phi) is 6.64. The van der Waals surface area contributed by atoms with Crippen LogP contribution in [0, 0.1) is 13.1 Å². The Bertz CT molecular complexity index is 2000. The first kappa shape index (κ1) is 25.8. The molecule has 1 aliphatic rings. The van der Waals surface area contributed by atoms with Crippen LogP contribution < -0.4 is 9.47 Å². The predicted molar refractivity (Wildman–Crippen MR) is 176 cm³/mol. The number of hydrogen-bond acceptors (Lipinski definition) is 2. The Labute approximate surface area is 250 Å². The quantitative estimate of drug-likeness (QED) is 0.161. The summed E-state index contributed by atoms with van der Waals surface area (Å²) in [4.78, 5) is 7.00. The summed E-state index contributed by atoms with van der Waals surface area (Å²) in [7, 11) is 0. The zero-order valence-corrected chi connectivity index (χ0v) is 23.1. The van der Waals surface area contributed by atoms with Crippen molar-refractivity contribution in [1.82, 2.24) is 0 Å². The van der Waals surface area contributed by atoms with Gasteiger partial charge in [0.05, 0.1) is 13.1 Å². The molecule has 0 saturated heterocycles. The van der Waals surface area contributed by atoms with Gasteiger partial charge >= 0.3 is 0 Å². The van der Waals surface area contributed by atoms with Gasteiger partial charge < -0.3 is 9.47 Å². The van der Waals surface area contributed by atoms with Crippen molar-refractivity contribution in [1.29, 1.82) is 0 Å². The smallest absolute Gasteiger partial charge is 0.231 e. The van der Waals surface area contributed by atoms with E-state index in [-0.39, 0.29) is 6.79 Å². The third-order valence-corrected chi connectivity index (χ3v) is 7.67. The van der Waals surface area contributed by atoms with Gasteiger partial charge in [-0.05, 0) is 44.8 Å². The first-order valence-corrected chi connectivity index (χ1v) is 13.9. The van der Waals surface area contributed by atoms with Gasteiger partial charge in [0.2, 0.25) is 6.79 Å².